The van der Waals surface area contributed by atoms with Gasteiger partial charge in [-0.05, 0) is 56.3 Å². The molecular formula is C18H21N3O2. The van der Waals surface area contributed by atoms with E-state index < -0.39 is 0 Å². The number of anilines is 1. The van der Waals surface area contributed by atoms with Crippen LogP contribution >= 0.6 is 0 Å². The van der Waals surface area contributed by atoms with Gasteiger partial charge in [0.25, 0.3) is 0 Å². The second-order valence-electron chi connectivity index (χ2n) is 5.16. The van der Waals surface area contributed by atoms with Gasteiger partial charge in [-0.2, -0.15) is 0 Å². The fraction of sp³-hybridized carbons (Fsp3) is 0.278. The molecule has 0 unspecified atom stereocenters. The first-order valence-corrected chi connectivity index (χ1v) is 7.69. The first-order valence-electron chi connectivity index (χ1n) is 7.69. The monoisotopic (exact) mass is 311 g/mol. The number of carbonyl (C=O) groups excluding carboxylic acids is 2. The Balaban J connectivity index is 2.21. The van der Waals surface area contributed by atoms with Crippen LogP contribution in [0.4, 0.5) is 11.4 Å². The van der Waals surface area contributed by atoms with Crippen LogP contribution in [0.15, 0.2) is 53.2 Å². The van der Waals surface area contributed by atoms with Crippen molar-refractivity contribution in [1.29, 1.82) is 0 Å². The molecule has 0 heterocycles. The molecule has 1 amide bonds. The van der Waals surface area contributed by atoms with Gasteiger partial charge >= 0.3 is 0 Å². The van der Waals surface area contributed by atoms with Crippen LogP contribution in [0.1, 0.15) is 20.8 Å². The Morgan fingerprint density at radius 1 is 1.13 bits per heavy atom. The number of hydrogen-bond acceptors (Lipinski definition) is 4. The van der Waals surface area contributed by atoms with Gasteiger partial charge in [-0.1, -0.05) is 0 Å². The molecule has 0 saturated heterocycles. The highest BCUT2D eigenvalue weighted by Gasteiger charge is 2.13. The molecule has 5 heteroatoms. The molecule has 0 aromatic heterocycles. The van der Waals surface area contributed by atoms with Gasteiger partial charge in [0.05, 0.1) is 17.1 Å². The largest absolute Gasteiger partial charge is 0.372 e. The lowest BCUT2D eigenvalue weighted by Crippen LogP contribution is -2.26. The summed E-state index contributed by atoms with van der Waals surface area (Å²) in [7, 11) is 0. The van der Waals surface area contributed by atoms with Crippen LogP contribution in [-0.2, 0) is 9.59 Å². The molecule has 2 rings (SSSR count). The fourth-order valence-electron chi connectivity index (χ4n) is 2.35. The maximum atomic E-state index is 11.7. The highest BCUT2D eigenvalue weighted by Crippen LogP contribution is 2.20. The van der Waals surface area contributed by atoms with Crippen molar-refractivity contribution in [3.63, 3.8) is 0 Å². The SMILES string of the molecule is CCN(CC)c1ccc(N=C2C=CC(=O)C(NC(C)=O)=C2)cc1. The van der Waals surface area contributed by atoms with Crippen molar-refractivity contribution in [3.8, 4) is 0 Å². The van der Waals surface area contributed by atoms with E-state index in [1.807, 2.05) is 24.3 Å². The maximum absolute atomic E-state index is 11.7. The Kier molecular flexibility index (Phi) is 5.46. The van der Waals surface area contributed by atoms with E-state index in [4.69, 9.17) is 0 Å². The van der Waals surface area contributed by atoms with Crippen LogP contribution in [0, 0.1) is 0 Å². The minimum Gasteiger partial charge on any atom is -0.372 e. The van der Waals surface area contributed by atoms with Crippen molar-refractivity contribution in [2.75, 3.05) is 18.0 Å². The van der Waals surface area contributed by atoms with Gasteiger partial charge in [0.1, 0.15) is 0 Å². The van der Waals surface area contributed by atoms with Gasteiger partial charge in [0.15, 0.2) is 0 Å². The predicted molar refractivity (Wildman–Crippen MR) is 93.1 cm³/mol. The molecule has 1 aliphatic carbocycles. The zero-order valence-corrected chi connectivity index (χ0v) is 13.7. The fourth-order valence-corrected chi connectivity index (χ4v) is 2.35. The molecule has 0 radical (unpaired) electrons. The molecule has 5 nitrogen and oxygen atoms in total. The molecule has 0 saturated carbocycles. The van der Waals surface area contributed by atoms with E-state index in [0.29, 0.717) is 5.71 Å². The summed E-state index contributed by atoms with van der Waals surface area (Å²) in [5.74, 6) is -0.501. The second-order valence-corrected chi connectivity index (χ2v) is 5.16. The van der Waals surface area contributed by atoms with Gasteiger partial charge in [0, 0.05) is 25.7 Å². The maximum Gasteiger partial charge on any atom is 0.221 e. The van der Waals surface area contributed by atoms with Gasteiger partial charge in [-0.3, -0.25) is 9.59 Å². The topological polar surface area (TPSA) is 61.8 Å². The summed E-state index contributed by atoms with van der Waals surface area (Å²) in [4.78, 5) is 29.5. The second kappa shape index (κ2) is 7.54. The number of ketones is 1. The summed E-state index contributed by atoms with van der Waals surface area (Å²) in [5, 5.41) is 2.52. The van der Waals surface area contributed by atoms with Crippen LogP contribution in [0.3, 0.4) is 0 Å². The zero-order chi connectivity index (χ0) is 16.8. The highest BCUT2D eigenvalue weighted by molar-refractivity contribution is 6.20. The first kappa shape index (κ1) is 16.7. The van der Waals surface area contributed by atoms with Gasteiger partial charge < -0.3 is 10.2 Å². The van der Waals surface area contributed by atoms with Crippen molar-refractivity contribution in [2.24, 2.45) is 4.99 Å². The summed E-state index contributed by atoms with van der Waals surface area (Å²) < 4.78 is 0. The molecule has 120 valence electrons. The molecular weight excluding hydrogens is 290 g/mol. The molecule has 0 atom stereocenters. The quantitative estimate of drug-likeness (QED) is 0.851. The third kappa shape index (κ3) is 4.39. The Labute approximate surface area is 136 Å². The number of carbonyl (C=O) groups is 2. The summed E-state index contributed by atoms with van der Waals surface area (Å²) in [6.45, 7) is 7.52. The molecule has 1 aliphatic rings. The summed E-state index contributed by atoms with van der Waals surface area (Å²) >= 11 is 0. The lowest BCUT2D eigenvalue weighted by atomic mass is 10.1. The molecule has 23 heavy (non-hydrogen) atoms. The van der Waals surface area contributed by atoms with E-state index >= 15 is 0 Å². The molecule has 1 aromatic rings. The van der Waals surface area contributed by atoms with E-state index in [1.165, 1.54) is 13.0 Å². The lowest BCUT2D eigenvalue weighted by molar-refractivity contribution is -0.120. The highest BCUT2D eigenvalue weighted by atomic mass is 16.2. The van der Waals surface area contributed by atoms with Crippen molar-refractivity contribution in [2.45, 2.75) is 20.8 Å². The Morgan fingerprint density at radius 3 is 2.35 bits per heavy atom. The predicted octanol–water partition coefficient (Wildman–Crippen LogP) is 2.76. The van der Waals surface area contributed by atoms with E-state index in [2.05, 4.69) is 29.1 Å². The number of amides is 1. The summed E-state index contributed by atoms with van der Waals surface area (Å²) in [5.41, 5.74) is 2.83. The Morgan fingerprint density at radius 2 is 1.78 bits per heavy atom. The number of rotatable bonds is 5. The third-order valence-corrected chi connectivity index (χ3v) is 3.51. The standard InChI is InChI=1S/C18H21N3O2/c1-4-21(5-2)16-9-6-14(7-10-16)20-15-8-11-18(23)17(12-15)19-13(3)22/h6-12H,4-5H2,1-3H3,(H,19,22). The zero-order valence-electron chi connectivity index (χ0n) is 13.7. The van der Waals surface area contributed by atoms with Crippen LogP contribution in [0.5, 0.6) is 0 Å². The Bertz CT molecular complexity index is 681. The molecule has 1 N–H and O–H groups in total. The van der Waals surface area contributed by atoms with Crippen LogP contribution < -0.4 is 10.2 Å². The van der Waals surface area contributed by atoms with Crippen LogP contribution in [0.2, 0.25) is 0 Å². The van der Waals surface area contributed by atoms with E-state index in [1.54, 1.807) is 12.2 Å². The van der Waals surface area contributed by atoms with E-state index in [-0.39, 0.29) is 17.4 Å². The van der Waals surface area contributed by atoms with Gasteiger partial charge in [-0.25, -0.2) is 4.99 Å². The van der Waals surface area contributed by atoms with Crippen LogP contribution in [0.25, 0.3) is 0 Å². The molecule has 1 aromatic carbocycles. The number of allylic oxidation sites excluding steroid dienone is 3. The Hall–Kier alpha value is -2.69. The molecule has 0 spiro atoms. The minimum absolute atomic E-state index is 0.226. The minimum atomic E-state index is -0.275. The summed E-state index contributed by atoms with van der Waals surface area (Å²) in [6.07, 6.45) is 4.64. The average molecular weight is 311 g/mol. The molecule has 0 aliphatic heterocycles. The van der Waals surface area contributed by atoms with Crippen molar-refractivity contribution >= 4 is 28.8 Å². The summed E-state index contributed by atoms with van der Waals surface area (Å²) in [6, 6.07) is 7.94. The smallest absolute Gasteiger partial charge is 0.221 e. The third-order valence-electron chi connectivity index (χ3n) is 3.51. The van der Waals surface area contributed by atoms with Crippen molar-refractivity contribution in [1.82, 2.24) is 5.32 Å². The van der Waals surface area contributed by atoms with Crippen molar-refractivity contribution in [3.05, 3.63) is 48.2 Å². The van der Waals surface area contributed by atoms with Gasteiger partial charge in [0.2, 0.25) is 11.7 Å². The van der Waals surface area contributed by atoms with E-state index in [0.717, 1.165) is 24.5 Å². The van der Waals surface area contributed by atoms with Crippen LogP contribution in [-0.4, -0.2) is 30.5 Å². The number of hydrogen-bond donors (Lipinski definition) is 1. The van der Waals surface area contributed by atoms with E-state index in [9.17, 15) is 9.59 Å². The number of nitrogens with one attached hydrogen (secondary N) is 1. The number of nitrogens with zero attached hydrogens (tertiary/aromatic N) is 2. The van der Waals surface area contributed by atoms with Gasteiger partial charge in [-0.15, -0.1) is 0 Å². The first-order chi connectivity index (χ1) is 11.0. The molecule has 0 fully saturated rings. The van der Waals surface area contributed by atoms with Crippen molar-refractivity contribution < 1.29 is 9.59 Å². The number of aliphatic imine (C=N–C) groups is 1. The number of benzene rings is 1. The average Bonchev–Trinajstić information content (AvgIpc) is 2.53. The lowest BCUT2D eigenvalue weighted by Gasteiger charge is -2.20. The molecule has 0 bridgehead atoms. The normalized spacial score (nSPS) is 15.5.